The van der Waals surface area contributed by atoms with E-state index in [1.807, 2.05) is 37.3 Å². The van der Waals surface area contributed by atoms with Crippen LogP contribution in [0.4, 0.5) is 0 Å². The van der Waals surface area contributed by atoms with Crippen molar-refractivity contribution in [2.45, 2.75) is 13.5 Å². The molecule has 1 aromatic heterocycles. The number of rotatable bonds is 3. The Labute approximate surface area is 130 Å². The van der Waals surface area contributed by atoms with E-state index in [4.69, 9.17) is 11.6 Å². The summed E-state index contributed by atoms with van der Waals surface area (Å²) in [5, 5.41) is 0. The number of halogens is 2. The molecule has 0 fully saturated rings. The molecule has 0 saturated carbocycles. The first kappa shape index (κ1) is 14.6. The standard InChI is InChI=1S/C14H13BrClNOS/c1-9-5-10(7-11(15)6-9)14(18)17(2)8-12-3-4-13(16)19-12/h3-7H,8H2,1-2H3. The number of carbonyl (C=O) groups excluding carboxylic acids is 1. The summed E-state index contributed by atoms with van der Waals surface area (Å²) in [7, 11) is 1.80. The van der Waals surface area contributed by atoms with E-state index in [1.165, 1.54) is 11.3 Å². The van der Waals surface area contributed by atoms with Gasteiger partial charge in [-0.25, -0.2) is 0 Å². The SMILES string of the molecule is Cc1cc(Br)cc(C(=O)N(C)Cc2ccc(Cl)s2)c1. The van der Waals surface area contributed by atoms with E-state index in [1.54, 1.807) is 11.9 Å². The van der Waals surface area contributed by atoms with Crippen LogP contribution in [-0.4, -0.2) is 17.9 Å². The molecule has 0 bridgehead atoms. The molecule has 2 rings (SSSR count). The predicted octanol–water partition coefficient (Wildman–Crippen LogP) is 4.74. The van der Waals surface area contributed by atoms with Crippen molar-refractivity contribution in [2.24, 2.45) is 0 Å². The number of carbonyl (C=O) groups is 1. The second kappa shape index (κ2) is 6.07. The lowest BCUT2D eigenvalue weighted by atomic mass is 10.1. The first-order valence-corrected chi connectivity index (χ1v) is 7.71. The zero-order valence-electron chi connectivity index (χ0n) is 10.6. The fraction of sp³-hybridized carbons (Fsp3) is 0.214. The second-order valence-corrected chi connectivity index (χ2v) is 7.10. The van der Waals surface area contributed by atoms with Crippen molar-refractivity contribution in [2.75, 3.05) is 7.05 Å². The third kappa shape index (κ3) is 3.81. The summed E-state index contributed by atoms with van der Waals surface area (Å²) in [5.41, 5.74) is 1.75. The molecule has 0 spiro atoms. The quantitative estimate of drug-likeness (QED) is 0.775. The van der Waals surface area contributed by atoms with Gasteiger partial charge in [-0.15, -0.1) is 11.3 Å². The summed E-state index contributed by atoms with van der Waals surface area (Å²) in [6.45, 7) is 2.54. The van der Waals surface area contributed by atoms with E-state index in [0.29, 0.717) is 12.1 Å². The molecule has 2 nitrogen and oxygen atoms in total. The molecule has 0 unspecified atom stereocenters. The maximum atomic E-state index is 12.3. The molecule has 2 aromatic rings. The van der Waals surface area contributed by atoms with Gasteiger partial charge in [-0.1, -0.05) is 27.5 Å². The molecule has 0 aliphatic carbocycles. The predicted molar refractivity (Wildman–Crippen MR) is 84.0 cm³/mol. The van der Waals surface area contributed by atoms with Gasteiger partial charge in [0, 0.05) is 22.0 Å². The van der Waals surface area contributed by atoms with Crippen molar-refractivity contribution in [1.29, 1.82) is 0 Å². The third-order valence-corrected chi connectivity index (χ3v) is 4.33. The van der Waals surface area contributed by atoms with Crippen LogP contribution >= 0.6 is 38.9 Å². The molecular weight excluding hydrogens is 346 g/mol. The minimum atomic E-state index is 0.00826. The van der Waals surface area contributed by atoms with Crippen molar-refractivity contribution in [3.63, 3.8) is 0 Å². The van der Waals surface area contributed by atoms with Gasteiger partial charge >= 0.3 is 0 Å². The van der Waals surface area contributed by atoms with Crippen LogP contribution in [-0.2, 0) is 6.54 Å². The second-order valence-electron chi connectivity index (χ2n) is 4.38. The molecule has 1 aromatic carbocycles. The Bertz CT molecular complexity index is 591. The van der Waals surface area contributed by atoms with Crippen LogP contribution in [0.1, 0.15) is 20.8 Å². The smallest absolute Gasteiger partial charge is 0.253 e. The Hall–Kier alpha value is -0.840. The number of amides is 1. The summed E-state index contributed by atoms with van der Waals surface area (Å²) in [4.78, 5) is 15.1. The fourth-order valence-corrected chi connectivity index (χ4v) is 3.57. The van der Waals surface area contributed by atoms with Crippen LogP contribution in [0.15, 0.2) is 34.8 Å². The zero-order chi connectivity index (χ0) is 14.0. The van der Waals surface area contributed by atoms with Crippen LogP contribution in [0.25, 0.3) is 0 Å². The molecule has 0 N–H and O–H groups in total. The van der Waals surface area contributed by atoms with Crippen molar-refractivity contribution < 1.29 is 4.79 Å². The highest BCUT2D eigenvalue weighted by molar-refractivity contribution is 9.10. The van der Waals surface area contributed by atoms with Crippen LogP contribution in [0.2, 0.25) is 4.34 Å². The highest BCUT2D eigenvalue weighted by atomic mass is 79.9. The normalized spacial score (nSPS) is 10.5. The zero-order valence-corrected chi connectivity index (χ0v) is 13.8. The lowest BCUT2D eigenvalue weighted by Gasteiger charge is -2.16. The van der Waals surface area contributed by atoms with Gasteiger partial charge in [0.25, 0.3) is 5.91 Å². The molecule has 19 heavy (non-hydrogen) atoms. The van der Waals surface area contributed by atoms with Crippen LogP contribution in [0, 0.1) is 6.92 Å². The van der Waals surface area contributed by atoms with E-state index in [0.717, 1.165) is 19.2 Å². The van der Waals surface area contributed by atoms with Crippen molar-refractivity contribution in [3.8, 4) is 0 Å². The molecule has 0 aliphatic heterocycles. The van der Waals surface area contributed by atoms with Gasteiger partial charge in [0.05, 0.1) is 10.9 Å². The Morgan fingerprint density at radius 2 is 2.11 bits per heavy atom. The average Bonchev–Trinajstić information content (AvgIpc) is 2.72. The number of nitrogens with zero attached hydrogens (tertiary/aromatic N) is 1. The number of thiophene rings is 1. The number of benzene rings is 1. The van der Waals surface area contributed by atoms with E-state index in [2.05, 4.69) is 15.9 Å². The molecule has 100 valence electrons. The summed E-state index contributed by atoms with van der Waals surface area (Å²) in [6.07, 6.45) is 0. The van der Waals surface area contributed by atoms with Gasteiger partial charge in [-0.05, 0) is 42.8 Å². The molecule has 0 atom stereocenters. The lowest BCUT2D eigenvalue weighted by molar-refractivity contribution is 0.0786. The Morgan fingerprint density at radius 1 is 1.37 bits per heavy atom. The van der Waals surface area contributed by atoms with Gasteiger partial charge in [-0.2, -0.15) is 0 Å². The van der Waals surface area contributed by atoms with Crippen molar-refractivity contribution >= 4 is 44.8 Å². The summed E-state index contributed by atoms with van der Waals surface area (Å²) in [6, 6.07) is 9.51. The van der Waals surface area contributed by atoms with E-state index in [9.17, 15) is 4.79 Å². The number of hydrogen-bond acceptors (Lipinski definition) is 2. The molecule has 0 saturated heterocycles. The lowest BCUT2D eigenvalue weighted by Crippen LogP contribution is -2.25. The topological polar surface area (TPSA) is 20.3 Å². The van der Waals surface area contributed by atoms with E-state index in [-0.39, 0.29) is 5.91 Å². The van der Waals surface area contributed by atoms with E-state index < -0.39 is 0 Å². The van der Waals surface area contributed by atoms with Crippen LogP contribution in [0.5, 0.6) is 0 Å². The number of hydrogen-bond donors (Lipinski definition) is 0. The monoisotopic (exact) mass is 357 g/mol. The highest BCUT2D eigenvalue weighted by Gasteiger charge is 2.13. The molecule has 5 heteroatoms. The summed E-state index contributed by atoms with van der Waals surface area (Å²) in [5.74, 6) is 0.00826. The summed E-state index contributed by atoms with van der Waals surface area (Å²) < 4.78 is 1.66. The minimum Gasteiger partial charge on any atom is -0.337 e. The van der Waals surface area contributed by atoms with Crippen molar-refractivity contribution in [1.82, 2.24) is 4.90 Å². The highest BCUT2D eigenvalue weighted by Crippen LogP contribution is 2.23. The average molecular weight is 359 g/mol. The first-order valence-electron chi connectivity index (χ1n) is 5.72. The van der Waals surface area contributed by atoms with Gasteiger partial charge in [0.15, 0.2) is 0 Å². The first-order chi connectivity index (χ1) is 8.95. The number of aryl methyl sites for hydroxylation is 1. The molecular formula is C14H13BrClNOS. The molecule has 1 amide bonds. The molecule has 0 radical (unpaired) electrons. The fourth-order valence-electron chi connectivity index (χ4n) is 1.82. The van der Waals surface area contributed by atoms with Gasteiger partial charge < -0.3 is 4.90 Å². The van der Waals surface area contributed by atoms with Gasteiger partial charge in [-0.3, -0.25) is 4.79 Å². The van der Waals surface area contributed by atoms with Crippen LogP contribution in [0.3, 0.4) is 0 Å². The summed E-state index contributed by atoms with van der Waals surface area (Å²) >= 11 is 10.8. The molecule has 1 heterocycles. The maximum absolute atomic E-state index is 12.3. The maximum Gasteiger partial charge on any atom is 0.253 e. The molecule has 0 aliphatic rings. The Kier molecular flexibility index (Phi) is 4.66. The van der Waals surface area contributed by atoms with E-state index >= 15 is 0 Å². The Balaban J connectivity index is 2.14. The minimum absolute atomic E-state index is 0.00826. The Morgan fingerprint density at radius 3 is 2.68 bits per heavy atom. The van der Waals surface area contributed by atoms with Gasteiger partial charge in [0.1, 0.15) is 0 Å². The van der Waals surface area contributed by atoms with Crippen molar-refractivity contribution in [3.05, 3.63) is 55.1 Å². The van der Waals surface area contributed by atoms with Gasteiger partial charge in [0.2, 0.25) is 0 Å². The third-order valence-electron chi connectivity index (χ3n) is 2.66. The largest absolute Gasteiger partial charge is 0.337 e. The van der Waals surface area contributed by atoms with Crippen LogP contribution < -0.4 is 0 Å².